The maximum atomic E-state index is 12.5. The predicted molar refractivity (Wildman–Crippen MR) is 123 cm³/mol. The molecule has 1 aliphatic heterocycles. The van der Waals surface area contributed by atoms with Gasteiger partial charge in [0.05, 0.1) is 5.69 Å². The van der Waals surface area contributed by atoms with Gasteiger partial charge >= 0.3 is 0 Å². The van der Waals surface area contributed by atoms with Crippen LogP contribution in [-0.4, -0.2) is 23.5 Å². The third kappa shape index (κ3) is 3.39. The number of nitrogens with two attached hydrogens (primary N) is 1. The van der Waals surface area contributed by atoms with Crippen LogP contribution in [0.1, 0.15) is 38.7 Å². The Morgan fingerprint density at radius 1 is 1.03 bits per heavy atom. The Morgan fingerprint density at radius 3 is 2.35 bits per heavy atom. The molecule has 1 amide bonds. The fourth-order valence-corrected chi connectivity index (χ4v) is 4.53. The van der Waals surface area contributed by atoms with Crippen molar-refractivity contribution in [1.82, 2.24) is 4.98 Å². The number of ether oxygens (including phenoxy) is 1. The number of benzene rings is 2. The Hall–Kier alpha value is -3.18. The minimum absolute atomic E-state index is 0.0108. The van der Waals surface area contributed by atoms with Gasteiger partial charge in [-0.05, 0) is 50.3 Å². The van der Waals surface area contributed by atoms with Gasteiger partial charge in [-0.3, -0.25) is 4.79 Å². The summed E-state index contributed by atoms with van der Waals surface area (Å²) in [6, 6.07) is 20.6. The fraction of sp³-hybridized carbons (Fsp3) is 0.308. The molecule has 2 aliphatic rings. The maximum Gasteiger partial charge on any atom is 0.265 e. The van der Waals surface area contributed by atoms with E-state index in [4.69, 9.17) is 15.5 Å². The van der Waals surface area contributed by atoms with E-state index in [2.05, 4.69) is 36.4 Å². The van der Waals surface area contributed by atoms with Crippen LogP contribution in [0.3, 0.4) is 0 Å². The van der Waals surface area contributed by atoms with Crippen LogP contribution in [-0.2, 0) is 10.3 Å². The third-order valence-electron chi connectivity index (χ3n) is 6.41. The topological polar surface area (TPSA) is 68.5 Å². The van der Waals surface area contributed by atoms with Crippen molar-refractivity contribution >= 4 is 11.6 Å². The zero-order valence-electron chi connectivity index (χ0n) is 18.0. The lowest BCUT2D eigenvalue weighted by Gasteiger charge is -2.38. The van der Waals surface area contributed by atoms with Crippen molar-refractivity contribution in [3.05, 3.63) is 66.2 Å². The summed E-state index contributed by atoms with van der Waals surface area (Å²) in [4.78, 5) is 19.2. The van der Waals surface area contributed by atoms with Gasteiger partial charge in [-0.2, -0.15) is 0 Å². The summed E-state index contributed by atoms with van der Waals surface area (Å²) in [5, 5.41) is 0. The predicted octanol–water partition coefficient (Wildman–Crippen LogP) is 4.89. The van der Waals surface area contributed by atoms with E-state index < -0.39 is 0 Å². The summed E-state index contributed by atoms with van der Waals surface area (Å²) >= 11 is 0. The van der Waals surface area contributed by atoms with Crippen LogP contribution < -0.4 is 15.4 Å². The molecule has 5 nitrogen and oxygen atoms in total. The SMILES string of the molecule is CC(C)N1C(=O)COc2nc(-c3ccc(C4(N)CCC4)cc3)c(-c3ccccc3)cc21. The van der Waals surface area contributed by atoms with Gasteiger partial charge in [0, 0.05) is 22.7 Å². The lowest BCUT2D eigenvalue weighted by atomic mass is 9.72. The van der Waals surface area contributed by atoms with Crippen LogP contribution >= 0.6 is 0 Å². The van der Waals surface area contributed by atoms with Gasteiger partial charge in [0.1, 0.15) is 5.69 Å². The average molecular weight is 414 g/mol. The molecular weight excluding hydrogens is 386 g/mol. The number of amides is 1. The smallest absolute Gasteiger partial charge is 0.265 e. The van der Waals surface area contributed by atoms with Crippen LogP contribution in [0.5, 0.6) is 5.88 Å². The molecule has 0 atom stereocenters. The summed E-state index contributed by atoms with van der Waals surface area (Å²) < 4.78 is 5.75. The number of rotatable bonds is 4. The van der Waals surface area contributed by atoms with E-state index in [1.165, 1.54) is 12.0 Å². The molecule has 2 heterocycles. The number of carbonyl (C=O) groups excluding carboxylic acids is 1. The number of carbonyl (C=O) groups is 1. The minimum Gasteiger partial charge on any atom is -0.466 e. The molecular formula is C26H27N3O2. The van der Waals surface area contributed by atoms with E-state index >= 15 is 0 Å². The van der Waals surface area contributed by atoms with Gasteiger partial charge in [-0.25, -0.2) is 4.98 Å². The normalized spacial score (nSPS) is 17.2. The lowest BCUT2D eigenvalue weighted by Crippen LogP contribution is -2.43. The molecule has 2 N–H and O–H groups in total. The average Bonchev–Trinajstić information content (AvgIpc) is 2.77. The molecule has 2 aromatic carbocycles. The second-order valence-electron chi connectivity index (χ2n) is 8.81. The van der Waals surface area contributed by atoms with Crippen molar-refractivity contribution in [2.45, 2.75) is 44.7 Å². The van der Waals surface area contributed by atoms with Crippen LogP contribution in [0, 0.1) is 0 Å². The van der Waals surface area contributed by atoms with Crippen LogP contribution in [0.15, 0.2) is 60.7 Å². The highest BCUT2D eigenvalue weighted by Gasteiger charge is 2.34. The Morgan fingerprint density at radius 2 is 1.74 bits per heavy atom. The van der Waals surface area contributed by atoms with Crippen molar-refractivity contribution in [3.63, 3.8) is 0 Å². The molecule has 1 aliphatic carbocycles. The molecule has 5 heteroatoms. The number of nitrogens with zero attached hydrogens (tertiary/aromatic N) is 2. The van der Waals surface area contributed by atoms with E-state index in [0.717, 1.165) is 40.9 Å². The van der Waals surface area contributed by atoms with E-state index in [0.29, 0.717) is 5.88 Å². The standard InChI is InChI=1S/C26H27N3O2/c1-17(2)29-22-15-21(18-7-4-3-5-8-18)24(28-25(22)31-16-23(29)30)19-9-11-20(12-10-19)26(27)13-6-14-26/h3-5,7-12,15,17H,6,13-14,16,27H2,1-2H3. The van der Waals surface area contributed by atoms with Gasteiger partial charge in [0.2, 0.25) is 5.88 Å². The molecule has 0 bridgehead atoms. The Labute approximate surface area is 182 Å². The number of aromatic nitrogens is 1. The molecule has 3 aromatic rings. The summed E-state index contributed by atoms with van der Waals surface area (Å²) in [6.45, 7) is 4.02. The van der Waals surface area contributed by atoms with Crippen molar-refractivity contribution in [3.8, 4) is 28.3 Å². The summed E-state index contributed by atoms with van der Waals surface area (Å²) in [6.07, 6.45) is 3.25. The summed E-state index contributed by atoms with van der Waals surface area (Å²) in [5.74, 6) is 0.454. The molecule has 31 heavy (non-hydrogen) atoms. The van der Waals surface area contributed by atoms with E-state index in [9.17, 15) is 4.79 Å². The molecule has 1 saturated carbocycles. The maximum absolute atomic E-state index is 12.5. The minimum atomic E-state index is -0.189. The van der Waals surface area contributed by atoms with Crippen molar-refractivity contribution < 1.29 is 9.53 Å². The number of hydrogen-bond acceptors (Lipinski definition) is 4. The van der Waals surface area contributed by atoms with Crippen LogP contribution in [0.4, 0.5) is 5.69 Å². The van der Waals surface area contributed by atoms with Crippen molar-refractivity contribution in [2.75, 3.05) is 11.5 Å². The first-order valence-corrected chi connectivity index (χ1v) is 10.9. The van der Waals surface area contributed by atoms with Gasteiger partial charge in [-0.1, -0.05) is 54.6 Å². The van der Waals surface area contributed by atoms with E-state index in [1.54, 1.807) is 4.90 Å². The molecule has 0 saturated heterocycles. The van der Waals surface area contributed by atoms with Crippen LogP contribution in [0.2, 0.25) is 0 Å². The van der Waals surface area contributed by atoms with E-state index in [1.807, 2.05) is 38.1 Å². The highest BCUT2D eigenvalue weighted by molar-refractivity contribution is 5.99. The van der Waals surface area contributed by atoms with E-state index in [-0.39, 0.29) is 24.1 Å². The fourth-order valence-electron chi connectivity index (χ4n) is 4.53. The number of anilines is 1. The van der Waals surface area contributed by atoms with Crippen molar-refractivity contribution in [2.24, 2.45) is 5.73 Å². The molecule has 0 spiro atoms. The monoisotopic (exact) mass is 413 g/mol. The molecule has 0 radical (unpaired) electrons. The van der Waals surface area contributed by atoms with Gasteiger partial charge in [0.15, 0.2) is 6.61 Å². The highest BCUT2D eigenvalue weighted by Crippen LogP contribution is 2.42. The largest absolute Gasteiger partial charge is 0.466 e. The second-order valence-corrected chi connectivity index (χ2v) is 8.81. The Bertz CT molecular complexity index is 1120. The highest BCUT2D eigenvalue weighted by atomic mass is 16.5. The molecule has 0 unspecified atom stereocenters. The quantitative estimate of drug-likeness (QED) is 0.661. The first-order valence-electron chi connectivity index (χ1n) is 10.9. The number of fused-ring (bicyclic) bond motifs is 1. The third-order valence-corrected chi connectivity index (χ3v) is 6.41. The second kappa shape index (κ2) is 7.50. The van der Waals surface area contributed by atoms with Gasteiger partial charge in [0.25, 0.3) is 5.91 Å². The molecule has 5 rings (SSSR count). The Kier molecular flexibility index (Phi) is 4.78. The summed E-state index contributed by atoms with van der Waals surface area (Å²) in [5.41, 5.74) is 12.1. The summed E-state index contributed by atoms with van der Waals surface area (Å²) in [7, 11) is 0. The lowest BCUT2D eigenvalue weighted by molar-refractivity contribution is -0.121. The Balaban J connectivity index is 1.65. The van der Waals surface area contributed by atoms with Gasteiger partial charge in [-0.15, -0.1) is 0 Å². The number of pyridine rings is 1. The van der Waals surface area contributed by atoms with Crippen molar-refractivity contribution in [1.29, 1.82) is 0 Å². The zero-order chi connectivity index (χ0) is 21.6. The first-order chi connectivity index (χ1) is 15.0. The van der Waals surface area contributed by atoms with Crippen LogP contribution in [0.25, 0.3) is 22.4 Å². The first kappa shape index (κ1) is 19.8. The zero-order valence-corrected chi connectivity index (χ0v) is 18.0. The molecule has 1 fully saturated rings. The van der Waals surface area contributed by atoms with Gasteiger partial charge < -0.3 is 15.4 Å². The number of hydrogen-bond donors (Lipinski definition) is 1. The molecule has 158 valence electrons. The molecule has 1 aromatic heterocycles.